The van der Waals surface area contributed by atoms with Crippen LogP contribution in [0.2, 0.25) is 0 Å². The van der Waals surface area contributed by atoms with Gasteiger partial charge in [0.2, 0.25) is 0 Å². The molecule has 1 aromatic heterocycles. The van der Waals surface area contributed by atoms with Gasteiger partial charge in [0.1, 0.15) is 0 Å². The highest BCUT2D eigenvalue weighted by Crippen LogP contribution is 2.34. The van der Waals surface area contributed by atoms with Crippen LogP contribution in [-0.4, -0.2) is 11.0 Å². The summed E-state index contributed by atoms with van der Waals surface area (Å²) >= 11 is 1.87. The molecule has 0 radical (unpaired) electrons. The molecule has 16 heavy (non-hydrogen) atoms. The number of aryl methyl sites for hydroxylation is 2. The molecule has 0 aromatic carbocycles. The molecule has 1 aromatic rings. The van der Waals surface area contributed by atoms with E-state index < -0.39 is 0 Å². The average Bonchev–Trinajstić information content (AvgIpc) is 3.02. The molecule has 0 aliphatic heterocycles. The molecule has 1 aliphatic carbocycles. The zero-order chi connectivity index (χ0) is 11.7. The van der Waals surface area contributed by atoms with Crippen LogP contribution < -0.4 is 5.32 Å². The lowest BCUT2D eigenvalue weighted by Gasteiger charge is -2.19. The van der Waals surface area contributed by atoms with E-state index in [2.05, 4.69) is 38.0 Å². The van der Waals surface area contributed by atoms with Crippen molar-refractivity contribution in [2.75, 3.05) is 0 Å². The molecule has 0 amide bonds. The van der Waals surface area contributed by atoms with Gasteiger partial charge in [-0.1, -0.05) is 6.92 Å². The van der Waals surface area contributed by atoms with E-state index in [1.165, 1.54) is 28.4 Å². The Morgan fingerprint density at radius 1 is 1.44 bits per heavy atom. The Morgan fingerprint density at radius 3 is 2.62 bits per heavy atom. The van der Waals surface area contributed by atoms with E-state index in [0.29, 0.717) is 12.1 Å². The van der Waals surface area contributed by atoms with Crippen molar-refractivity contribution in [2.45, 2.75) is 59.0 Å². The number of nitrogens with one attached hydrogen (secondary N) is 1. The maximum absolute atomic E-state index is 4.60. The standard InChI is InChI=1S/C13H22N2S/c1-5-12-15-10(4)13(16-12)9(3)14-8(2)11-6-7-11/h8-9,11,14H,5-7H2,1-4H3. The highest BCUT2D eigenvalue weighted by Gasteiger charge is 2.29. The van der Waals surface area contributed by atoms with E-state index >= 15 is 0 Å². The van der Waals surface area contributed by atoms with Crippen LogP contribution in [0.5, 0.6) is 0 Å². The fourth-order valence-electron chi connectivity index (χ4n) is 2.22. The molecule has 2 rings (SSSR count). The van der Waals surface area contributed by atoms with Crippen LogP contribution in [0.3, 0.4) is 0 Å². The van der Waals surface area contributed by atoms with Crippen LogP contribution in [-0.2, 0) is 6.42 Å². The Hall–Kier alpha value is -0.410. The molecule has 90 valence electrons. The number of hydrogen-bond acceptors (Lipinski definition) is 3. The van der Waals surface area contributed by atoms with Crippen molar-refractivity contribution in [2.24, 2.45) is 5.92 Å². The van der Waals surface area contributed by atoms with Crippen LogP contribution in [0.15, 0.2) is 0 Å². The van der Waals surface area contributed by atoms with Gasteiger partial charge in [0, 0.05) is 17.0 Å². The lowest BCUT2D eigenvalue weighted by atomic mass is 10.1. The van der Waals surface area contributed by atoms with Crippen molar-refractivity contribution < 1.29 is 0 Å². The SMILES string of the molecule is CCc1nc(C)c(C(C)NC(C)C2CC2)s1. The van der Waals surface area contributed by atoms with Crippen molar-refractivity contribution in [3.63, 3.8) is 0 Å². The molecule has 1 heterocycles. The second kappa shape index (κ2) is 4.84. The van der Waals surface area contributed by atoms with Gasteiger partial charge in [0.05, 0.1) is 10.7 Å². The molecule has 1 N–H and O–H groups in total. The van der Waals surface area contributed by atoms with Crippen molar-refractivity contribution in [1.82, 2.24) is 10.3 Å². The first-order valence-electron chi connectivity index (χ1n) is 6.34. The summed E-state index contributed by atoms with van der Waals surface area (Å²) in [7, 11) is 0. The number of rotatable bonds is 5. The first-order valence-corrected chi connectivity index (χ1v) is 7.15. The third-order valence-corrected chi connectivity index (χ3v) is 4.90. The predicted molar refractivity (Wildman–Crippen MR) is 70.0 cm³/mol. The minimum atomic E-state index is 0.452. The Kier molecular flexibility index (Phi) is 3.65. The largest absolute Gasteiger partial charge is 0.307 e. The molecule has 0 saturated heterocycles. The van der Waals surface area contributed by atoms with E-state index in [1.54, 1.807) is 0 Å². The highest BCUT2D eigenvalue weighted by molar-refractivity contribution is 7.11. The first-order chi connectivity index (χ1) is 7.61. The smallest absolute Gasteiger partial charge is 0.0928 e. The van der Waals surface area contributed by atoms with Crippen LogP contribution in [0, 0.1) is 12.8 Å². The van der Waals surface area contributed by atoms with Crippen molar-refractivity contribution in [3.05, 3.63) is 15.6 Å². The summed E-state index contributed by atoms with van der Waals surface area (Å²) in [4.78, 5) is 6.02. The topological polar surface area (TPSA) is 24.9 Å². The third-order valence-electron chi connectivity index (χ3n) is 3.41. The molecule has 2 atom stereocenters. The third kappa shape index (κ3) is 2.64. The molecule has 0 bridgehead atoms. The summed E-state index contributed by atoms with van der Waals surface area (Å²) in [6.45, 7) is 8.88. The Balaban J connectivity index is 2.01. The molecule has 0 spiro atoms. The van der Waals surface area contributed by atoms with Gasteiger partial charge >= 0.3 is 0 Å². The zero-order valence-corrected chi connectivity index (χ0v) is 11.5. The van der Waals surface area contributed by atoms with Crippen molar-refractivity contribution in [1.29, 1.82) is 0 Å². The molecule has 3 heteroatoms. The quantitative estimate of drug-likeness (QED) is 0.849. The molecule has 1 saturated carbocycles. The summed E-state index contributed by atoms with van der Waals surface area (Å²) < 4.78 is 0. The van der Waals surface area contributed by atoms with E-state index in [0.717, 1.165) is 12.3 Å². The normalized spacial score (nSPS) is 19.8. The van der Waals surface area contributed by atoms with Gasteiger partial charge in [-0.25, -0.2) is 4.98 Å². The van der Waals surface area contributed by atoms with E-state index in [4.69, 9.17) is 0 Å². The summed E-state index contributed by atoms with van der Waals surface area (Å²) in [6.07, 6.45) is 3.86. The highest BCUT2D eigenvalue weighted by atomic mass is 32.1. The van der Waals surface area contributed by atoms with Crippen LogP contribution >= 0.6 is 11.3 Å². The Labute approximate surface area is 102 Å². The fourth-order valence-corrected chi connectivity index (χ4v) is 3.24. The first kappa shape index (κ1) is 12.1. The maximum Gasteiger partial charge on any atom is 0.0928 e. The Morgan fingerprint density at radius 2 is 2.12 bits per heavy atom. The van der Waals surface area contributed by atoms with Gasteiger partial charge in [-0.3, -0.25) is 0 Å². The van der Waals surface area contributed by atoms with Gasteiger partial charge in [-0.15, -0.1) is 11.3 Å². The predicted octanol–water partition coefficient (Wildman–Crippen LogP) is 3.46. The van der Waals surface area contributed by atoms with E-state index in [9.17, 15) is 0 Å². The van der Waals surface area contributed by atoms with E-state index in [-0.39, 0.29) is 0 Å². The summed E-state index contributed by atoms with van der Waals surface area (Å²) in [5.74, 6) is 0.918. The lowest BCUT2D eigenvalue weighted by molar-refractivity contribution is 0.444. The molecule has 2 nitrogen and oxygen atoms in total. The fraction of sp³-hybridized carbons (Fsp3) is 0.769. The van der Waals surface area contributed by atoms with Gasteiger partial charge in [-0.2, -0.15) is 0 Å². The van der Waals surface area contributed by atoms with Gasteiger partial charge in [0.15, 0.2) is 0 Å². The molecule has 1 aliphatic rings. The monoisotopic (exact) mass is 238 g/mol. The second-order valence-corrected chi connectivity index (χ2v) is 6.04. The van der Waals surface area contributed by atoms with Crippen molar-refractivity contribution >= 4 is 11.3 Å². The lowest BCUT2D eigenvalue weighted by Crippen LogP contribution is -2.30. The van der Waals surface area contributed by atoms with Gasteiger partial charge in [-0.05, 0) is 46.0 Å². The minimum absolute atomic E-state index is 0.452. The van der Waals surface area contributed by atoms with Crippen molar-refractivity contribution in [3.8, 4) is 0 Å². The van der Waals surface area contributed by atoms with Gasteiger partial charge in [0.25, 0.3) is 0 Å². The second-order valence-electron chi connectivity index (χ2n) is 4.93. The van der Waals surface area contributed by atoms with Gasteiger partial charge < -0.3 is 5.32 Å². The number of aromatic nitrogens is 1. The summed E-state index contributed by atoms with van der Waals surface area (Å²) in [6, 6.07) is 1.11. The molecule has 1 fully saturated rings. The molecular formula is C13H22N2S. The maximum atomic E-state index is 4.60. The number of nitrogens with zero attached hydrogens (tertiary/aromatic N) is 1. The molecular weight excluding hydrogens is 216 g/mol. The molecule has 2 unspecified atom stereocenters. The van der Waals surface area contributed by atoms with Crippen LogP contribution in [0.25, 0.3) is 0 Å². The summed E-state index contributed by atoms with van der Waals surface area (Å²) in [5.41, 5.74) is 1.21. The average molecular weight is 238 g/mol. The Bertz CT molecular complexity index is 355. The zero-order valence-electron chi connectivity index (χ0n) is 10.7. The number of thiazole rings is 1. The van der Waals surface area contributed by atoms with Crippen LogP contribution in [0.4, 0.5) is 0 Å². The summed E-state index contributed by atoms with van der Waals surface area (Å²) in [5, 5.41) is 4.97. The minimum Gasteiger partial charge on any atom is -0.307 e. The van der Waals surface area contributed by atoms with E-state index in [1.807, 2.05) is 11.3 Å². The number of hydrogen-bond donors (Lipinski definition) is 1. The van der Waals surface area contributed by atoms with Crippen LogP contribution in [0.1, 0.15) is 55.2 Å².